The minimum Gasteiger partial charge on any atom is -0.314 e. The molecule has 2 N–H and O–H groups in total. The van der Waals surface area contributed by atoms with Crippen LogP contribution in [0.4, 0.5) is 0 Å². The number of hydrogen-bond donors (Lipinski definition) is 2. The minimum atomic E-state index is 0.813. The van der Waals surface area contributed by atoms with Gasteiger partial charge >= 0.3 is 0 Å². The highest BCUT2D eigenvalue weighted by atomic mass is 14.9. The molecule has 1 aliphatic carbocycles. The van der Waals surface area contributed by atoms with E-state index in [1.54, 1.807) is 11.1 Å². The summed E-state index contributed by atoms with van der Waals surface area (Å²) in [5, 5.41) is 7.15. The van der Waals surface area contributed by atoms with E-state index in [0.717, 1.165) is 19.1 Å². The summed E-state index contributed by atoms with van der Waals surface area (Å²) in [4.78, 5) is 0. The molecule has 0 spiro atoms. The van der Waals surface area contributed by atoms with Crippen molar-refractivity contribution in [2.24, 2.45) is 0 Å². The second-order valence-electron chi connectivity index (χ2n) is 5.70. The Morgan fingerprint density at radius 1 is 1.17 bits per heavy atom. The van der Waals surface area contributed by atoms with Crippen LogP contribution in [0.3, 0.4) is 0 Å². The van der Waals surface area contributed by atoms with Crippen molar-refractivity contribution in [2.45, 2.75) is 57.7 Å². The third kappa shape index (κ3) is 2.76. The first-order valence-corrected chi connectivity index (χ1v) is 7.47. The summed E-state index contributed by atoms with van der Waals surface area (Å²) in [5.74, 6) is 0. The number of aryl methyl sites for hydroxylation is 1. The average molecular weight is 244 g/mol. The van der Waals surface area contributed by atoms with Crippen molar-refractivity contribution in [3.63, 3.8) is 0 Å². The lowest BCUT2D eigenvalue weighted by Gasteiger charge is -2.12. The molecule has 3 rings (SSSR count). The molecule has 0 bridgehead atoms. The van der Waals surface area contributed by atoms with Gasteiger partial charge in [-0.25, -0.2) is 0 Å². The molecule has 2 nitrogen and oxygen atoms in total. The molecule has 0 amide bonds. The topological polar surface area (TPSA) is 24.1 Å². The minimum absolute atomic E-state index is 0.813. The lowest BCUT2D eigenvalue weighted by Crippen LogP contribution is -2.27. The molecule has 1 saturated carbocycles. The van der Waals surface area contributed by atoms with E-state index in [4.69, 9.17) is 0 Å². The van der Waals surface area contributed by atoms with Gasteiger partial charge in [0.05, 0.1) is 0 Å². The Balaban J connectivity index is 1.47. The highest BCUT2D eigenvalue weighted by Gasteiger charge is 2.15. The Labute approximate surface area is 110 Å². The molecule has 1 aromatic carbocycles. The molecule has 1 aromatic rings. The van der Waals surface area contributed by atoms with Crippen LogP contribution in [0.1, 0.15) is 48.8 Å². The number of nitrogens with one attached hydrogen (secondary N) is 2. The lowest BCUT2D eigenvalue weighted by molar-refractivity contribution is 0.515. The Bertz CT molecular complexity index is 394. The molecule has 0 aromatic heterocycles. The molecular formula is C16H24N2. The SMILES string of the molecule is c1cc(CCCNC2CCCC2)c2c(c1)CNC2. The van der Waals surface area contributed by atoms with E-state index >= 15 is 0 Å². The van der Waals surface area contributed by atoms with Crippen molar-refractivity contribution in [1.29, 1.82) is 0 Å². The summed E-state index contributed by atoms with van der Waals surface area (Å²) in [6.07, 6.45) is 8.14. The van der Waals surface area contributed by atoms with Crippen molar-refractivity contribution in [2.75, 3.05) is 6.54 Å². The van der Waals surface area contributed by atoms with Crippen LogP contribution in [-0.4, -0.2) is 12.6 Å². The predicted molar refractivity (Wildman–Crippen MR) is 75.6 cm³/mol. The van der Waals surface area contributed by atoms with Crippen molar-refractivity contribution >= 4 is 0 Å². The van der Waals surface area contributed by atoms with Crippen LogP contribution in [0, 0.1) is 0 Å². The van der Waals surface area contributed by atoms with Gasteiger partial charge in [0, 0.05) is 19.1 Å². The van der Waals surface area contributed by atoms with E-state index in [0.29, 0.717) is 0 Å². The summed E-state index contributed by atoms with van der Waals surface area (Å²) in [7, 11) is 0. The Morgan fingerprint density at radius 2 is 2.06 bits per heavy atom. The van der Waals surface area contributed by atoms with Crippen molar-refractivity contribution in [3.05, 3.63) is 34.9 Å². The van der Waals surface area contributed by atoms with Gasteiger partial charge in [0.15, 0.2) is 0 Å². The van der Waals surface area contributed by atoms with Crippen LogP contribution in [0.15, 0.2) is 18.2 Å². The fourth-order valence-electron chi connectivity index (χ4n) is 3.35. The van der Waals surface area contributed by atoms with Gasteiger partial charge in [-0.15, -0.1) is 0 Å². The molecule has 0 unspecified atom stereocenters. The van der Waals surface area contributed by atoms with Gasteiger partial charge in [0.25, 0.3) is 0 Å². The number of fused-ring (bicyclic) bond motifs is 1. The number of hydrogen-bond acceptors (Lipinski definition) is 2. The molecule has 0 atom stereocenters. The quantitative estimate of drug-likeness (QED) is 0.778. The van der Waals surface area contributed by atoms with Gasteiger partial charge in [0.1, 0.15) is 0 Å². The summed E-state index contributed by atoms with van der Waals surface area (Å²) >= 11 is 0. The molecule has 1 fully saturated rings. The third-order valence-electron chi connectivity index (χ3n) is 4.40. The van der Waals surface area contributed by atoms with Crippen molar-refractivity contribution < 1.29 is 0 Å². The Morgan fingerprint density at radius 3 is 2.94 bits per heavy atom. The smallest absolute Gasteiger partial charge is 0.0214 e. The molecule has 0 radical (unpaired) electrons. The summed E-state index contributed by atoms with van der Waals surface area (Å²) in [5.41, 5.74) is 4.64. The summed E-state index contributed by atoms with van der Waals surface area (Å²) in [6, 6.07) is 7.59. The monoisotopic (exact) mass is 244 g/mol. The first-order chi connectivity index (χ1) is 8.93. The van der Waals surface area contributed by atoms with Gasteiger partial charge in [-0.1, -0.05) is 31.0 Å². The van der Waals surface area contributed by atoms with Gasteiger partial charge in [-0.05, 0) is 48.9 Å². The maximum atomic E-state index is 3.70. The normalized spacial score (nSPS) is 19.3. The van der Waals surface area contributed by atoms with Crippen LogP contribution >= 0.6 is 0 Å². The Hall–Kier alpha value is -0.860. The lowest BCUT2D eigenvalue weighted by atomic mass is 10.00. The molecule has 18 heavy (non-hydrogen) atoms. The van der Waals surface area contributed by atoms with Crippen LogP contribution in [0.5, 0.6) is 0 Å². The van der Waals surface area contributed by atoms with Crippen LogP contribution in [0.25, 0.3) is 0 Å². The molecule has 98 valence electrons. The molecule has 1 heterocycles. The Kier molecular flexibility index (Phi) is 3.96. The summed E-state index contributed by atoms with van der Waals surface area (Å²) in [6.45, 7) is 3.31. The molecule has 2 heteroatoms. The maximum absolute atomic E-state index is 3.70. The zero-order chi connectivity index (χ0) is 12.2. The van der Waals surface area contributed by atoms with Crippen LogP contribution < -0.4 is 10.6 Å². The molecule has 0 saturated heterocycles. The number of benzene rings is 1. The largest absolute Gasteiger partial charge is 0.314 e. The average Bonchev–Trinajstić information content (AvgIpc) is 3.05. The highest BCUT2D eigenvalue weighted by Crippen LogP contribution is 2.21. The number of rotatable bonds is 5. The van der Waals surface area contributed by atoms with Gasteiger partial charge in [-0.3, -0.25) is 0 Å². The van der Waals surface area contributed by atoms with Crippen molar-refractivity contribution in [3.8, 4) is 0 Å². The van der Waals surface area contributed by atoms with E-state index < -0.39 is 0 Å². The second kappa shape index (κ2) is 5.85. The standard InChI is InChI=1S/C16H24N2/c1-2-9-15(8-1)18-10-4-7-13-5-3-6-14-11-17-12-16(13)14/h3,5-6,15,17-18H,1-2,4,7-12H2. The first kappa shape index (κ1) is 12.2. The summed E-state index contributed by atoms with van der Waals surface area (Å²) < 4.78 is 0. The van der Waals surface area contributed by atoms with Crippen LogP contribution in [-0.2, 0) is 19.5 Å². The molecule has 2 aliphatic rings. The molecule has 1 aliphatic heterocycles. The fraction of sp³-hybridized carbons (Fsp3) is 0.625. The van der Waals surface area contributed by atoms with Crippen LogP contribution in [0.2, 0.25) is 0 Å². The maximum Gasteiger partial charge on any atom is 0.0214 e. The predicted octanol–water partition coefficient (Wildman–Crippen LogP) is 2.75. The zero-order valence-electron chi connectivity index (χ0n) is 11.2. The second-order valence-corrected chi connectivity index (χ2v) is 5.70. The third-order valence-corrected chi connectivity index (χ3v) is 4.40. The molecular weight excluding hydrogens is 220 g/mol. The van der Waals surface area contributed by atoms with Gasteiger partial charge in [0.2, 0.25) is 0 Å². The van der Waals surface area contributed by atoms with E-state index in [1.165, 1.54) is 50.6 Å². The van der Waals surface area contributed by atoms with E-state index in [9.17, 15) is 0 Å². The highest BCUT2D eigenvalue weighted by molar-refractivity contribution is 5.37. The first-order valence-electron chi connectivity index (χ1n) is 7.47. The van der Waals surface area contributed by atoms with Gasteiger partial charge < -0.3 is 10.6 Å². The van der Waals surface area contributed by atoms with E-state index in [-0.39, 0.29) is 0 Å². The zero-order valence-corrected chi connectivity index (χ0v) is 11.2. The van der Waals surface area contributed by atoms with E-state index in [1.807, 2.05) is 0 Å². The van der Waals surface area contributed by atoms with E-state index in [2.05, 4.69) is 28.8 Å². The fourth-order valence-corrected chi connectivity index (χ4v) is 3.35. The van der Waals surface area contributed by atoms with Gasteiger partial charge in [-0.2, -0.15) is 0 Å². The van der Waals surface area contributed by atoms with Crippen molar-refractivity contribution in [1.82, 2.24) is 10.6 Å².